The molecule has 0 spiro atoms. The minimum Gasteiger partial charge on any atom is -0.411 e. The van der Waals surface area contributed by atoms with Crippen molar-refractivity contribution in [1.82, 2.24) is 20.2 Å². The predicted octanol–water partition coefficient (Wildman–Crippen LogP) is 4.69. The minimum atomic E-state index is -0.536. The number of oxime groups is 1. The van der Waals surface area contributed by atoms with E-state index in [1.165, 1.54) is 11.8 Å². The molecule has 1 aliphatic rings. The molecule has 186 valence electrons. The van der Waals surface area contributed by atoms with Crippen LogP contribution in [-0.2, 0) is 28.5 Å². The lowest BCUT2D eigenvalue weighted by atomic mass is 9.86. The molecule has 1 N–H and O–H groups in total. The average Bonchev–Trinajstić information content (AvgIpc) is 3.28. The molecule has 1 aromatic heterocycles. The number of ether oxygens (including phenoxy) is 2. The molecule has 0 saturated carbocycles. The van der Waals surface area contributed by atoms with Gasteiger partial charge in [0.05, 0.1) is 11.3 Å². The maximum absolute atomic E-state index is 14.7. The Morgan fingerprint density at radius 1 is 1.23 bits per heavy atom. The summed E-state index contributed by atoms with van der Waals surface area (Å²) < 4.78 is 27.7. The number of thioether (sulfide) groups is 1. The molecule has 1 aliphatic heterocycles. The van der Waals surface area contributed by atoms with Crippen LogP contribution < -0.4 is 0 Å². The maximum Gasteiger partial charge on any atom is 0.209 e. The third-order valence-electron chi connectivity index (χ3n) is 6.12. The summed E-state index contributed by atoms with van der Waals surface area (Å²) in [6, 6.07) is 11.1. The molecular formula is C24H28FN5O3S2. The van der Waals surface area contributed by atoms with E-state index in [0.29, 0.717) is 31.8 Å². The molecule has 4 rings (SSSR count). The fourth-order valence-electron chi connectivity index (χ4n) is 4.18. The van der Waals surface area contributed by atoms with Crippen molar-refractivity contribution in [2.24, 2.45) is 12.2 Å². The quantitative estimate of drug-likeness (QED) is 0.189. The zero-order chi connectivity index (χ0) is 24.8. The third kappa shape index (κ3) is 6.03. The molecule has 0 aliphatic carbocycles. The molecule has 1 saturated heterocycles. The van der Waals surface area contributed by atoms with Crippen molar-refractivity contribution >= 4 is 29.2 Å². The van der Waals surface area contributed by atoms with Gasteiger partial charge in [-0.05, 0) is 65.2 Å². The van der Waals surface area contributed by atoms with Gasteiger partial charge in [0.15, 0.2) is 0 Å². The summed E-state index contributed by atoms with van der Waals surface area (Å²) in [6.45, 7) is 2.94. The summed E-state index contributed by atoms with van der Waals surface area (Å²) in [6.07, 6.45) is 2.10. The van der Waals surface area contributed by atoms with Crippen molar-refractivity contribution in [1.29, 1.82) is 0 Å². The van der Waals surface area contributed by atoms with E-state index < -0.39 is 5.60 Å². The fourth-order valence-corrected chi connectivity index (χ4v) is 5.96. The molecule has 2 heterocycles. The topological polar surface area (TPSA) is 94.6 Å². The van der Waals surface area contributed by atoms with Crippen molar-refractivity contribution in [2.45, 2.75) is 46.7 Å². The first-order valence-corrected chi connectivity index (χ1v) is 13.0. The Bertz CT molecular complexity index is 1200. The first-order chi connectivity index (χ1) is 16.9. The maximum atomic E-state index is 14.7. The van der Waals surface area contributed by atoms with Gasteiger partial charge in [0.1, 0.15) is 5.82 Å². The second-order valence-corrected chi connectivity index (χ2v) is 10.5. The Morgan fingerprint density at radius 3 is 2.71 bits per heavy atom. The molecule has 35 heavy (non-hydrogen) atoms. The van der Waals surface area contributed by atoms with Gasteiger partial charge in [-0.25, -0.2) is 9.07 Å². The van der Waals surface area contributed by atoms with E-state index in [1.54, 1.807) is 49.7 Å². The van der Waals surface area contributed by atoms with Gasteiger partial charge in [-0.3, -0.25) is 0 Å². The van der Waals surface area contributed by atoms with Crippen LogP contribution in [0.4, 0.5) is 4.39 Å². The van der Waals surface area contributed by atoms with E-state index in [-0.39, 0.29) is 5.82 Å². The smallest absolute Gasteiger partial charge is 0.209 e. The molecule has 3 aromatic rings. The fraction of sp³-hybridized carbons (Fsp3) is 0.417. The lowest BCUT2D eigenvalue weighted by molar-refractivity contribution is -0.0950. The van der Waals surface area contributed by atoms with Crippen LogP contribution >= 0.6 is 23.5 Å². The number of halogens is 1. The highest BCUT2D eigenvalue weighted by Crippen LogP contribution is 2.39. The highest BCUT2D eigenvalue weighted by atomic mass is 32.2. The van der Waals surface area contributed by atoms with Gasteiger partial charge in [0, 0.05) is 61.3 Å². The van der Waals surface area contributed by atoms with Crippen LogP contribution in [0, 0.1) is 5.82 Å². The van der Waals surface area contributed by atoms with E-state index in [0.717, 1.165) is 43.8 Å². The first kappa shape index (κ1) is 25.6. The number of rotatable bonds is 9. The second kappa shape index (κ2) is 11.5. The summed E-state index contributed by atoms with van der Waals surface area (Å²) >= 11 is 3.04. The zero-order valence-corrected chi connectivity index (χ0v) is 21.5. The van der Waals surface area contributed by atoms with Crippen molar-refractivity contribution in [3.63, 3.8) is 0 Å². The molecule has 0 amide bonds. The molecule has 1 fully saturated rings. The predicted molar refractivity (Wildman–Crippen MR) is 133 cm³/mol. The molecule has 8 nitrogen and oxygen atoms in total. The highest BCUT2D eigenvalue weighted by Gasteiger charge is 2.35. The van der Waals surface area contributed by atoms with Gasteiger partial charge in [-0.15, -0.1) is 5.10 Å². The lowest BCUT2D eigenvalue weighted by Gasteiger charge is -2.36. The zero-order valence-electron chi connectivity index (χ0n) is 19.9. The Morgan fingerprint density at radius 2 is 2.03 bits per heavy atom. The summed E-state index contributed by atoms with van der Waals surface area (Å²) in [5.74, 6) is 0.457. The minimum absolute atomic E-state index is 0.290. The van der Waals surface area contributed by atoms with Gasteiger partial charge >= 0.3 is 0 Å². The molecular weight excluding hydrogens is 489 g/mol. The Balaban J connectivity index is 1.57. The van der Waals surface area contributed by atoms with Crippen molar-refractivity contribution in [3.8, 4) is 0 Å². The summed E-state index contributed by atoms with van der Waals surface area (Å²) in [7, 11) is 3.48. The number of aromatic nitrogens is 4. The molecule has 0 radical (unpaired) electrons. The van der Waals surface area contributed by atoms with Crippen molar-refractivity contribution in [2.75, 3.05) is 26.1 Å². The van der Waals surface area contributed by atoms with E-state index >= 15 is 0 Å². The third-order valence-corrected chi connectivity index (χ3v) is 8.10. The Labute approximate surface area is 212 Å². The molecule has 0 atom stereocenters. The van der Waals surface area contributed by atoms with Gasteiger partial charge < -0.3 is 14.7 Å². The van der Waals surface area contributed by atoms with E-state index in [2.05, 4.69) is 26.7 Å². The largest absolute Gasteiger partial charge is 0.411 e. The number of tetrazole rings is 1. The summed E-state index contributed by atoms with van der Waals surface area (Å²) in [5.41, 5.74) is 2.73. The average molecular weight is 518 g/mol. The second-order valence-electron chi connectivity index (χ2n) is 8.28. The standard InChI is InChI=1S/C24H28FN5O3S2/c1-16(27-31)22-5-4-20(12-17(22)6-11-34-23-26-28-29-30(23)2)35-21-14-18(13-19(25)15-21)24(32-3)7-9-33-10-8-24/h4-5,12-15,31H,6-11H2,1-3H3/b27-16+. The number of hydrogen-bond acceptors (Lipinski definition) is 9. The van der Waals surface area contributed by atoms with Crippen LogP contribution in [0.25, 0.3) is 0 Å². The molecule has 11 heteroatoms. The van der Waals surface area contributed by atoms with Gasteiger partial charge in [0.2, 0.25) is 5.16 Å². The first-order valence-electron chi connectivity index (χ1n) is 11.2. The van der Waals surface area contributed by atoms with Gasteiger partial charge in [0.25, 0.3) is 0 Å². The lowest BCUT2D eigenvalue weighted by Crippen LogP contribution is -2.35. The van der Waals surface area contributed by atoms with E-state index in [4.69, 9.17) is 9.47 Å². The molecule has 2 aromatic carbocycles. The monoisotopic (exact) mass is 517 g/mol. The number of benzene rings is 2. The van der Waals surface area contributed by atoms with Crippen molar-refractivity contribution < 1.29 is 19.1 Å². The normalized spacial score (nSPS) is 15.9. The number of methoxy groups -OCH3 is 1. The van der Waals surface area contributed by atoms with E-state index in [9.17, 15) is 9.60 Å². The van der Waals surface area contributed by atoms with Crippen LogP contribution in [0.2, 0.25) is 0 Å². The van der Waals surface area contributed by atoms with Crippen LogP contribution in [0.5, 0.6) is 0 Å². The summed E-state index contributed by atoms with van der Waals surface area (Å²) in [4.78, 5) is 1.77. The highest BCUT2D eigenvalue weighted by molar-refractivity contribution is 7.99. The number of aryl methyl sites for hydroxylation is 2. The van der Waals surface area contributed by atoms with Crippen LogP contribution in [0.15, 0.2) is 56.5 Å². The van der Waals surface area contributed by atoms with Gasteiger partial charge in [-0.1, -0.05) is 34.7 Å². The van der Waals surface area contributed by atoms with Crippen LogP contribution in [-0.4, -0.2) is 57.2 Å². The Hall–Kier alpha value is -2.47. The van der Waals surface area contributed by atoms with E-state index in [1.807, 2.05) is 18.2 Å². The molecule has 0 bridgehead atoms. The van der Waals surface area contributed by atoms with Crippen LogP contribution in [0.3, 0.4) is 0 Å². The molecule has 0 unspecified atom stereocenters. The van der Waals surface area contributed by atoms with Gasteiger partial charge in [-0.2, -0.15) is 0 Å². The number of hydrogen-bond donors (Lipinski definition) is 1. The SMILES string of the molecule is COC1(c2cc(F)cc(Sc3ccc(/C(C)=N/O)c(CCSc4nnnn4C)c3)c2)CCOCC1. The van der Waals surface area contributed by atoms with Crippen molar-refractivity contribution in [3.05, 3.63) is 58.9 Å². The Kier molecular flexibility index (Phi) is 8.42. The number of nitrogens with zero attached hydrogens (tertiary/aromatic N) is 5. The summed E-state index contributed by atoms with van der Waals surface area (Å²) in [5, 5.41) is 25.0. The van der Waals surface area contributed by atoms with Crippen LogP contribution in [0.1, 0.15) is 36.5 Å².